The van der Waals surface area contributed by atoms with Crippen molar-refractivity contribution in [1.29, 1.82) is 0 Å². The normalized spacial score (nSPS) is 11.5. The highest BCUT2D eigenvalue weighted by Crippen LogP contribution is 2.21. The molecule has 1 nitrogen and oxygen atoms in total. The maximum Gasteiger partial charge on any atom is 0.0457 e. The molecular weight excluding hydrogens is 362 g/mol. The minimum Gasteiger partial charge on any atom is -0.261 e. The molecule has 0 fully saturated rings. The minimum absolute atomic E-state index is 0.182. The third-order valence-electron chi connectivity index (χ3n) is 4.71. The van der Waals surface area contributed by atoms with Crippen LogP contribution in [0.4, 0.5) is 0 Å². The van der Waals surface area contributed by atoms with Gasteiger partial charge in [0.2, 0.25) is 0 Å². The van der Waals surface area contributed by atoms with Gasteiger partial charge < -0.3 is 0 Å². The van der Waals surface area contributed by atoms with E-state index in [0.717, 1.165) is 5.69 Å². The fraction of sp³-hybridized carbons (Fsp3) is 0.414. The van der Waals surface area contributed by atoms with Crippen LogP contribution in [0.15, 0.2) is 85.1 Å². The second-order valence-corrected chi connectivity index (χ2v) is 10.7. The molecule has 1 heterocycles. The molecule has 0 aliphatic carbocycles. The zero-order valence-electron chi connectivity index (χ0n) is 20.5. The predicted octanol–water partition coefficient (Wildman–Crippen LogP) is 8.35. The molecule has 3 rings (SSSR count). The molecule has 2 aromatic carbocycles. The summed E-state index contributed by atoms with van der Waals surface area (Å²) in [5.74, 6) is 0. The fourth-order valence-electron chi connectivity index (χ4n) is 2.68. The van der Waals surface area contributed by atoms with Gasteiger partial charge in [-0.2, -0.15) is 0 Å². The second kappa shape index (κ2) is 11.1. The van der Waals surface area contributed by atoms with Gasteiger partial charge in [-0.05, 0) is 34.1 Å². The van der Waals surface area contributed by atoms with Crippen molar-refractivity contribution in [2.75, 3.05) is 0 Å². The lowest BCUT2D eigenvalue weighted by Gasteiger charge is -2.18. The molecule has 0 spiro atoms. The molecule has 0 amide bonds. The van der Waals surface area contributed by atoms with Crippen molar-refractivity contribution in [3.8, 4) is 0 Å². The van der Waals surface area contributed by atoms with Crippen molar-refractivity contribution in [3.05, 3.63) is 102 Å². The summed E-state index contributed by atoms with van der Waals surface area (Å²) in [6.45, 7) is 19.8. The highest BCUT2D eigenvalue weighted by Gasteiger charge is 2.13. The quantitative estimate of drug-likeness (QED) is 0.367. The summed E-state index contributed by atoms with van der Waals surface area (Å²) in [7, 11) is 0. The summed E-state index contributed by atoms with van der Waals surface area (Å²) in [4.78, 5) is 4.25. The van der Waals surface area contributed by atoms with Gasteiger partial charge in [0.05, 0.1) is 0 Å². The van der Waals surface area contributed by atoms with Crippen LogP contribution in [0.25, 0.3) is 0 Å². The molecule has 3 aromatic rings. The van der Waals surface area contributed by atoms with E-state index in [2.05, 4.69) is 134 Å². The van der Waals surface area contributed by atoms with E-state index in [4.69, 9.17) is 0 Å². The summed E-state index contributed by atoms with van der Waals surface area (Å²) in [5.41, 5.74) is 4.71. The van der Waals surface area contributed by atoms with Gasteiger partial charge in [-0.3, -0.25) is 4.98 Å². The zero-order chi connectivity index (χ0) is 22.8. The first kappa shape index (κ1) is 25.6. The summed E-state index contributed by atoms with van der Waals surface area (Å²) in [6, 6.07) is 27.1. The van der Waals surface area contributed by atoms with Crippen molar-refractivity contribution in [1.82, 2.24) is 4.98 Å². The van der Waals surface area contributed by atoms with Gasteiger partial charge in [0.15, 0.2) is 0 Å². The number of nitrogens with zero attached hydrogens (tertiary/aromatic N) is 1. The molecule has 30 heavy (non-hydrogen) atoms. The van der Waals surface area contributed by atoms with Crippen LogP contribution in [-0.2, 0) is 16.2 Å². The molecule has 0 aliphatic heterocycles. The molecule has 0 aliphatic rings. The number of hydrogen-bond donors (Lipinski definition) is 0. The Kier molecular flexibility index (Phi) is 9.49. The molecule has 0 saturated heterocycles. The summed E-state index contributed by atoms with van der Waals surface area (Å²) in [6.07, 6.45) is 1.83. The van der Waals surface area contributed by atoms with Gasteiger partial charge in [-0.25, -0.2) is 0 Å². The molecule has 0 radical (unpaired) electrons. The molecular formula is C29H41N. The Balaban J connectivity index is 0.000000225. The average molecular weight is 404 g/mol. The van der Waals surface area contributed by atoms with E-state index >= 15 is 0 Å². The topological polar surface area (TPSA) is 12.9 Å². The molecule has 0 unspecified atom stereocenters. The largest absolute Gasteiger partial charge is 0.261 e. The van der Waals surface area contributed by atoms with E-state index in [1.807, 2.05) is 18.3 Å². The van der Waals surface area contributed by atoms with Crippen molar-refractivity contribution in [3.63, 3.8) is 0 Å². The lowest BCUT2D eigenvalue weighted by atomic mass is 9.87. The van der Waals surface area contributed by atoms with Gasteiger partial charge in [-0.1, -0.05) is 129 Å². The highest BCUT2D eigenvalue weighted by atomic mass is 14.7. The summed E-state index contributed by atoms with van der Waals surface area (Å²) in [5, 5.41) is 0. The van der Waals surface area contributed by atoms with E-state index < -0.39 is 0 Å². The van der Waals surface area contributed by atoms with Gasteiger partial charge in [0, 0.05) is 17.3 Å². The third kappa shape index (κ3) is 9.87. The average Bonchev–Trinajstić information content (AvgIpc) is 2.69. The lowest BCUT2D eigenvalue weighted by Crippen LogP contribution is -2.12. The molecule has 162 valence electrons. The predicted molar refractivity (Wildman–Crippen MR) is 133 cm³/mol. The number of aromatic nitrogens is 1. The van der Waals surface area contributed by atoms with Gasteiger partial charge >= 0.3 is 0 Å². The van der Waals surface area contributed by atoms with Crippen LogP contribution in [0, 0.1) is 0 Å². The van der Waals surface area contributed by atoms with Crippen molar-refractivity contribution in [2.45, 2.75) is 78.6 Å². The first-order valence-electron chi connectivity index (χ1n) is 10.8. The molecule has 0 saturated carbocycles. The first-order chi connectivity index (χ1) is 13.8. The Hall–Kier alpha value is -2.41. The Morgan fingerprint density at radius 1 is 0.433 bits per heavy atom. The molecule has 0 atom stereocenters. The maximum atomic E-state index is 4.25. The standard InChI is InChI=1S/2C10H14.C9H13N/c2*1-10(2,3)9-7-5-4-6-8-9;1-9(2,3)8-6-4-5-7-10-8/h2*4-8H,1-3H3;4-7H,1-3H3. The number of pyridine rings is 1. The van der Waals surface area contributed by atoms with Crippen molar-refractivity contribution in [2.24, 2.45) is 0 Å². The highest BCUT2D eigenvalue weighted by molar-refractivity contribution is 5.22. The minimum atomic E-state index is 0.182. The van der Waals surface area contributed by atoms with Gasteiger partial charge in [0.25, 0.3) is 0 Å². The smallest absolute Gasteiger partial charge is 0.0457 e. The van der Waals surface area contributed by atoms with E-state index in [0.29, 0.717) is 10.8 Å². The molecule has 1 aromatic heterocycles. The van der Waals surface area contributed by atoms with E-state index in [1.54, 1.807) is 0 Å². The van der Waals surface area contributed by atoms with Crippen LogP contribution in [-0.4, -0.2) is 4.98 Å². The van der Waals surface area contributed by atoms with Crippen LogP contribution in [0.2, 0.25) is 0 Å². The SMILES string of the molecule is CC(C)(C)c1ccccc1.CC(C)(C)c1ccccc1.CC(C)(C)c1ccccn1. The van der Waals surface area contributed by atoms with Crippen LogP contribution < -0.4 is 0 Å². The zero-order valence-corrected chi connectivity index (χ0v) is 20.5. The molecule has 1 heteroatoms. The van der Waals surface area contributed by atoms with Crippen LogP contribution in [0.1, 0.15) is 79.1 Å². The maximum absolute atomic E-state index is 4.25. The second-order valence-electron chi connectivity index (χ2n) is 10.7. The molecule has 0 bridgehead atoms. The molecule has 0 N–H and O–H groups in total. The Morgan fingerprint density at radius 2 is 0.800 bits per heavy atom. The summed E-state index contributed by atoms with van der Waals surface area (Å²) < 4.78 is 0. The number of rotatable bonds is 0. The van der Waals surface area contributed by atoms with Crippen LogP contribution >= 0.6 is 0 Å². The Labute approximate surface area is 185 Å². The fourth-order valence-corrected chi connectivity index (χ4v) is 2.68. The number of hydrogen-bond acceptors (Lipinski definition) is 1. The van der Waals surface area contributed by atoms with Crippen LogP contribution in [0.3, 0.4) is 0 Å². The van der Waals surface area contributed by atoms with E-state index in [-0.39, 0.29) is 5.41 Å². The van der Waals surface area contributed by atoms with Gasteiger partial charge in [-0.15, -0.1) is 0 Å². The number of benzene rings is 2. The van der Waals surface area contributed by atoms with Gasteiger partial charge in [0.1, 0.15) is 0 Å². The monoisotopic (exact) mass is 403 g/mol. The third-order valence-corrected chi connectivity index (χ3v) is 4.71. The van der Waals surface area contributed by atoms with Crippen molar-refractivity contribution < 1.29 is 0 Å². The van der Waals surface area contributed by atoms with Crippen LogP contribution in [0.5, 0.6) is 0 Å². The first-order valence-corrected chi connectivity index (χ1v) is 10.8. The van der Waals surface area contributed by atoms with Crippen molar-refractivity contribution >= 4 is 0 Å². The Bertz CT molecular complexity index is 697. The lowest BCUT2D eigenvalue weighted by molar-refractivity contribution is 0.569. The van der Waals surface area contributed by atoms with E-state index in [1.165, 1.54) is 11.1 Å². The van der Waals surface area contributed by atoms with E-state index in [9.17, 15) is 0 Å². The Morgan fingerprint density at radius 3 is 1.00 bits per heavy atom. The summed E-state index contributed by atoms with van der Waals surface area (Å²) >= 11 is 0.